The molecule has 1 amide bonds. The van der Waals surface area contributed by atoms with Gasteiger partial charge in [0.1, 0.15) is 17.2 Å². The minimum atomic E-state index is -0.407. The fourth-order valence-electron chi connectivity index (χ4n) is 2.47. The van der Waals surface area contributed by atoms with Crippen LogP contribution in [0.25, 0.3) is 16.9 Å². The Balaban J connectivity index is 1.51. The second-order valence-corrected chi connectivity index (χ2v) is 6.50. The summed E-state index contributed by atoms with van der Waals surface area (Å²) >= 11 is 1.22. The summed E-state index contributed by atoms with van der Waals surface area (Å²) in [5, 5.41) is 11.5. The minimum absolute atomic E-state index is 0.0980. The summed E-state index contributed by atoms with van der Waals surface area (Å²) < 4.78 is 14.8. The maximum absolute atomic E-state index is 13.2. The minimum Gasteiger partial charge on any atom is -0.325 e. The third-order valence-corrected chi connectivity index (χ3v) is 4.63. The first kappa shape index (κ1) is 17.1. The molecule has 27 heavy (non-hydrogen) atoms. The molecular weight excluding hydrogens is 367 g/mol. The lowest BCUT2D eigenvalue weighted by Crippen LogP contribution is -2.14. The molecule has 0 radical (unpaired) electrons. The number of carbonyl (C=O) groups is 1. The normalized spacial score (nSPS) is 10.9. The van der Waals surface area contributed by atoms with Gasteiger partial charge in [0, 0.05) is 5.69 Å². The van der Waals surface area contributed by atoms with E-state index in [0.29, 0.717) is 21.9 Å². The molecule has 0 atom stereocenters. The van der Waals surface area contributed by atoms with Crippen LogP contribution < -0.4 is 5.32 Å². The molecule has 0 unspecified atom stereocenters. The molecule has 2 aromatic heterocycles. The maximum atomic E-state index is 13.2. The summed E-state index contributed by atoms with van der Waals surface area (Å²) in [4.78, 5) is 20.6. The van der Waals surface area contributed by atoms with Gasteiger partial charge in [0.05, 0.1) is 11.4 Å². The molecular formula is C18H13FN6OS. The van der Waals surface area contributed by atoms with Crippen LogP contribution in [0.5, 0.6) is 0 Å². The fraction of sp³-hybridized carbons (Fsp3) is 0.0556. The zero-order chi connectivity index (χ0) is 18.6. The van der Waals surface area contributed by atoms with Crippen LogP contribution in [0.15, 0.2) is 66.0 Å². The van der Waals surface area contributed by atoms with Crippen molar-refractivity contribution in [1.82, 2.24) is 25.0 Å². The van der Waals surface area contributed by atoms with Gasteiger partial charge in [-0.15, -0.1) is 5.10 Å². The molecule has 2 aromatic carbocycles. The van der Waals surface area contributed by atoms with Gasteiger partial charge in [0.2, 0.25) is 5.91 Å². The molecule has 4 rings (SSSR count). The lowest BCUT2D eigenvalue weighted by atomic mass is 10.3. The molecule has 4 aromatic rings. The van der Waals surface area contributed by atoms with E-state index in [4.69, 9.17) is 0 Å². The first-order chi connectivity index (χ1) is 13.2. The number of rotatable bonds is 5. The molecule has 9 heteroatoms. The van der Waals surface area contributed by atoms with Crippen molar-refractivity contribution in [2.24, 2.45) is 0 Å². The molecule has 0 aliphatic heterocycles. The van der Waals surface area contributed by atoms with Crippen molar-refractivity contribution in [3.8, 4) is 5.69 Å². The molecule has 2 heterocycles. The van der Waals surface area contributed by atoms with Gasteiger partial charge in [-0.1, -0.05) is 41.2 Å². The third-order valence-electron chi connectivity index (χ3n) is 3.65. The number of hydrogen-bond donors (Lipinski definition) is 1. The van der Waals surface area contributed by atoms with Gasteiger partial charge in [-0.25, -0.2) is 14.4 Å². The smallest absolute Gasteiger partial charge is 0.234 e. The van der Waals surface area contributed by atoms with E-state index in [1.54, 1.807) is 10.7 Å². The highest BCUT2D eigenvalue weighted by Crippen LogP contribution is 2.24. The van der Waals surface area contributed by atoms with Crippen LogP contribution in [0.1, 0.15) is 0 Å². The molecule has 134 valence electrons. The molecule has 0 aliphatic rings. The summed E-state index contributed by atoms with van der Waals surface area (Å²) in [5.74, 6) is -0.579. The van der Waals surface area contributed by atoms with Crippen molar-refractivity contribution in [3.05, 3.63) is 66.7 Å². The molecule has 0 aliphatic carbocycles. The van der Waals surface area contributed by atoms with Crippen molar-refractivity contribution in [2.45, 2.75) is 5.03 Å². The van der Waals surface area contributed by atoms with E-state index in [0.717, 1.165) is 5.69 Å². The molecule has 0 saturated heterocycles. The number of aromatic nitrogens is 5. The summed E-state index contributed by atoms with van der Waals surface area (Å²) in [6, 6.07) is 15.2. The summed E-state index contributed by atoms with van der Waals surface area (Å²) in [6.07, 6.45) is 1.41. The van der Waals surface area contributed by atoms with Crippen LogP contribution in [0, 0.1) is 5.82 Å². The number of halogens is 1. The Kier molecular flexibility index (Phi) is 4.75. The van der Waals surface area contributed by atoms with Crippen molar-refractivity contribution in [1.29, 1.82) is 0 Å². The number of nitrogens with zero attached hydrogens (tertiary/aromatic N) is 5. The second-order valence-electron chi connectivity index (χ2n) is 5.54. The van der Waals surface area contributed by atoms with Crippen LogP contribution >= 0.6 is 11.8 Å². The average molecular weight is 380 g/mol. The van der Waals surface area contributed by atoms with E-state index in [1.165, 1.54) is 36.3 Å². The van der Waals surface area contributed by atoms with Gasteiger partial charge in [-0.2, -0.15) is 4.68 Å². The fourth-order valence-corrected chi connectivity index (χ4v) is 3.20. The van der Waals surface area contributed by atoms with E-state index < -0.39 is 5.82 Å². The predicted molar refractivity (Wildman–Crippen MR) is 100 cm³/mol. The van der Waals surface area contributed by atoms with Gasteiger partial charge in [-0.3, -0.25) is 4.79 Å². The Bertz CT molecular complexity index is 1100. The second kappa shape index (κ2) is 7.50. The van der Waals surface area contributed by atoms with Crippen LogP contribution in [-0.2, 0) is 4.79 Å². The zero-order valence-corrected chi connectivity index (χ0v) is 14.7. The number of para-hydroxylation sites is 1. The number of nitrogens with one attached hydrogen (secondary N) is 1. The van der Waals surface area contributed by atoms with Gasteiger partial charge in [0.15, 0.2) is 11.2 Å². The van der Waals surface area contributed by atoms with E-state index in [9.17, 15) is 9.18 Å². The number of hydrogen-bond acceptors (Lipinski definition) is 6. The number of amides is 1. The van der Waals surface area contributed by atoms with Crippen LogP contribution in [0.3, 0.4) is 0 Å². The Hall–Kier alpha value is -3.33. The standard InChI is InChI=1S/C18H13FN6OS/c19-12-5-4-6-13(9-12)22-15(26)10-27-18-16-17(20-11-21-18)25(24-23-16)14-7-2-1-3-8-14/h1-9,11H,10H2,(H,22,26). The van der Waals surface area contributed by atoms with Gasteiger partial charge in [0.25, 0.3) is 0 Å². The highest BCUT2D eigenvalue weighted by atomic mass is 32.2. The average Bonchev–Trinajstić information content (AvgIpc) is 3.12. The molecule has 7 nitrogen and oxygen atoms in total. The first-order valence-electron chi connectivity index (χ1n) is 8.01. The zero-order valence-electron chi connectivity index (χ0n) is 13.9. The van der Waals surface area contributed by atoms with Crippen molar-refractivity contribution < 1.29 is 9.18 Å². The molecule has 1 N–H and O–H groups in total. The largest absolute Gasteiger partial charge is 0.325 e. The van der Waals surface area contributed by atoms with Crippen molar-refractivity contribution in [2.75, 3.05) is 11.1 Å². The van der Waals surface area contributed by atoms with Crippen molar-refractivity contribution >= 4 is 34.5 Å². The first-order valence-corrected chi connectivity index (χ1v) is 8.99. The van der Waals surface area contributed by atoms with Crippen LogP contribution in [0.2, 0.25) is 0 Å². The Morgan fingerprint density at radius 1 is 1.11 bits per heavy atom. The highest BCUT2D eigenvalue weighted by molar-refractivity contribution is 8.00. The maximum Gasteiger partial charge on any atom is 0.234 e. The quantitative estimate of drug-likeness (QED) is 0.423. The molecule has 0 spiro atoms. The number of benzene rings is 2. The molecule has 0 bridgehead atoms. The predicted octanol–water partition coefficient (Wildman–Crippen LogP) is 3.08. The summed E-state index contributed by atoms with van der Waals surface area (Å²) in [7, 11) is 0. The molecule has 0 saturated carbocycles. The van der Waals surface area contributed by atoms with Gasteiger partial charge < -0.3 is 5.32 Å². The third kappa shape index (κ3) is 3.77. The lowest BCUT2D eigenvalue weighted by Gasteiger charge is -2.05. The SMILES string of the molecule is O=C(CSc1ncnc2c1nnn2-c1ccccc1)Nc1cccc(F)c1. The van der Waals surface area contributed by atoms with E-state index >= 15 is 0 Å². The van der Waals surface area contributed by atoms with E-state index in [-0.39, 0.29) is 11.7 Å². The monoisotopic (exact) mass is 380 g/mol. The number of carbonyl (C=O) groups excluding carboxylic acids is 1. The van der Waals surface area contributed by atoms with Gasteiger partial charge >= 0.3 is 0 Å². The van der Waals surface area contributed by atoms with Crippen LogP contribution in [0.4, 0.5) is 10.1 Å². The van der Waals surface area contributed by atoms with E-state index in [1.807, 2.05) is 30.3 Å². The number of thioether (sulfide) groups is 1. The van der Waals surface area contributed by atoms with Crippen LogP contribution in [-0.4, -0.2) is 36.6 Å². The van der Waals surface area contributed by atoms with Crippen molar-refractivity contribution in [3.63, 3.8) is 0 Å². The summed E-state index contributed by atoms with van der Waals surface area (Å²) in [6.45, 7) is 0. The Morgan fingerprint density at radius 2 is 1.96 bits per heavy atom. The highest BCUT2D eigenvalue weighted by Gasteiger charge is 2.14. The summed E-state index contributed by atoms with van der Waals surface area (Å²) in [5.41, 5.74) is 2.32. The molecule has 0 fully saturated rings. The topological polar surface area (TPSA) is 85.6 Å². The Labute approximate surface area is 157 Å². The van der Waals surface area contributed by atoms with Gasteiger partial charge in [-0.05, 0) is 30.3 Å². The lowest BCUT2D eigenvalue weighted by molar-refractivity contribution is -0.113. The van der Waals surface area contributed by atoms with E-state index in [2.05, 4.69) is 25.6 Å². The number of fused-ring (bicyclic) bond motifs is 1. The number of anilines is 1. The Morgan fingerprint density at radius 3 is 2.78 bits per heavy atom.